The summed E-state index contributed by atoms with van der Waals surface area (Å²) in [5, 5.41) is 3.54. The first-order chi connectivity index (χ1) is 10.1. The molecule has 1 fully saturated rings. The topological polar surface area (TPSA) is 27.7 Å². The highest BCUT2D eigenvalue weighted by atomic mass is 16.5. The molecule has 1 heterocycles. The van der Waals surface area contributed by atoms with Gasteiger partial charge in [0.1, 0.15) is 12.4 Å². The number of aryl methyl sites for hydroxylation is 1. The van der Waals surface area contributed by atoms with Crippen molar-refractivity contribution >= 4 is 0 Å². The quantitative estimate of drug-likeness (QED) is 0.826. The summed E-state index contributed by atoms with van der Waals surface area (Å²) < 4.78 is 5.80. The Bertz CT molecular complexity index is 399. The number of benzene rings is 1. The zero-order valence-corrected chi connectivity index (χ0v) is 13.6. The predicted molar refractivity (Wildman–Crippen MR) is 88.1 cm³/mol. The summed E-state index contributed by atoms with van der Waals surface area (Å²) in [4.78, 5) is 4.92. The molecule has 1 aromatic rings. The van der Waals surface area contributed by atoms with Gasteiger partial charge < -0.3 is 15.0 Å². The number of piperazine rings is 1. The van der Waals surface area contributed by atoms with Crippen LogP contribution in [0.5, 0.6) is 5.75 Å². The molecule has 21 heavy (non-hydrogen) atoms. The lowest BCUT2D eigenvalue weighted by Gasteiger charge is -2.32. The fraction of sp³-hybridized carbons (Fsp3) is 0.647. The highest BCUT2D eigenvalue weighted by molar-refractivity contribution is 5.26. The van der Waals surface area contributed by atoms with Crippen molar-refractivity contribution in [3.05, 3.63) is 29.8 Å². The fourth-order valence-corrected chi connectivity index (χ4v) is 2.46. The number of nitrogens with zero attached hydrogens (tertiary/aromatic N) is 2. The van der Waals surface area contributed by atoms with Crippen molar-refractivity contribution in [2.24, 2.45) is 0 Å². The third-order valence-electron chi connectivity index (χ3n) is 4.04. The van der Waals surface area contributed by atoms with Gasteiger partial charge in [0.25, 0.3) is 0 Å². The van der Waals surface area contributed by atoms with Gasteiger partial charge in [0.2, 0.25) is 0 Å². The lowest BCUT2D eigenvalue weighted by molar-refractivity contribution is 0.152. The van der Waals surface area contributed by atoms with Crippen molar-refractivity contribution < 1.29 is 4.74 Å². The zero-order chi connectivity index (χ0) is 15.1. The fourth-order valence-electron chi connectivity index (χ4n) is 2.46. The molecule has 0 bridgehead atoms. The lowest BCUT2D eigenvalue weighted by Crippen LogP contribution is -2.47. The maximum atomic E-state index is 5.80. The molecule has 1 atom stereocenters. The summed E-state index contributed by atoms with van der Waals surface area (Å²) in [6, 6.07) is 8.61. The molecule has 0 saturated carbocycles. The first-order valence-corrected chi connectivity index (χ1v) is 7.97. The van der Waals surface area contributed by atoms with Crippen molar-refractivity contribution in [2.75, 3.05) is 52.9 Å². The minimum Gasteiger partial charge on any atom is -0.492 e. The normalized spacial score (nSPS) is 18.6. The van der Waals surface area contributed by atoms with Crippen molar-refractivity contribution in [3.8, 4) is 5.75 Å². The maximum absolute atomic E-state index is 5.80. The summed E-state index contributed by atoms with van der Waals surface area (Å²) in [7, 11) is 2.19. The van der Waals surface area contributed by atoms with Gasteiger partial charge in [-0.1, -0.05) is 17.7 Å². The highest BCUT2D eigenvalue weighted by Crippen LogP contribution is 2.11. The smallest absolute Gasteiger partial charge is 0.119 e. The molecule has 1 unspecified atom stereocenters. The van der Waals surface area contributed by atoms with Crippen LogP contribution in [-0.4, -0.2) is 68.8 Å². The SMILES string of the molecule is Cc1ccc(OCC(C)NCCN2CCN(C)CC2)cc1. The molecule has 0 spiro atoms. The van der Waals surface area contributed by atoms with E-state index in [4.69, 9.17) is 4.74 Å². The number of nitrogens with one attached hydrogen (secondary N) is 1. The second kappa shape index (κ2) is 8.37. The average Bonchev–Trinajstić information content (AvgIpc) is 2.49. The standard InChI is InChI=1S/C17H29N3O/c1-15-4-6-17(7-5-15)21-14-16(2)18-8-9-20-12-10-19(3)11-13-20/h4-7,16,18H,8-14H2,1-3H3. The Balaban J connectivity index is 1.57. The van der Waals surface area contributed by atoms with Gasteiger partial charge >= 0.3 is 0 Å². The van der Waals surface area contributed by atoms with Crippen LogP contribution in [0.2, 0.25) is 0 Å². The number of likely N-dealkylation sites (N-methyl/N-ethyl adjacent to an activating group) is 1. The van der Waals surface area contributed by atoms with E-state index in [-0.39, 0.29) is 0 Å². The average molecular weight is 291 g/mol. The first kappa shape index (κ1) is 16.3. The molecule has 0 aromatic heterocycles. The third-order valence-corrected chi connectivity index (χ3v) is 4.04. The Morgan fingerprint density at radius 3 is 2.48 bits per heavy atom. The van der Waals surface area contributed by atoms with Gasteiger partial charge in [0.15, 0.2) is 0 Å². The van der Waals surface area contributed by atoms with Crippen molar-refractivity contribution in [1.29, 1.82) is 0 Å². The maximum Gasteiger partial charge on any atom is 0.119 e. The number of rotatable bonds is 7. The first-order valence-electron chi connectivity index (χ1n) is 7.97. The van der Waals surface area contributed by atoms with Crippen LogP contribution in [0.15, 0.2) is 24.3 Å². The minimum atomic E-state index is 0.374. The van der Waals surface area contributed by atoms with E-state index in [1.54, 1.807) is 0 Å². The summed E-state index contributed by atoms with van der Waals surface area (Å²) in [6.07, 6.45) is 0. The molecule has 2 rings (SSSR count). The zero-order valence-electron chi connectivity index (χ0n) is 13.6. The molecule has 1 aliphatic heterocycles. The van der Waals surface area contributed by atoms with Crippen molar-refractivity contribution in [2.45, 2.75) is 19.9 Å². The molecule has 0 radical (unpaired) electrons. The van der Waals surface area contributed by atoms with Crippen LogP contribution in [-0.2, 0) is 0 Å². The summed E-state index contributed by atoms with van der Waals surface area (Å²) in [5.41, 5.74) is 1.26. The van der Waals surface area contributed by atoms with Crippen molar-refractivity contribution in [3.63, 3.8) is 0 Å². The Labute approximate surface area is 129 Å². The largest absolute Gasteiger partial charge is 0.492 e. The molecule has 1 aromatic carbocycles. The Hall–Kier alpha value is -1.10. The summed E-state index contributed by atoms with van der Waals surface area (Å²) >= 11 is 0. The van der Waals surface area contributed by atoms with Gasteiger partial charge in [-0.15, -0.1) is 0 Å². The predicted octanol–water partition coefficient (Wildman–Crippen LogP) is 1.60. The Kier molecular flexibility index (Phi) is 6.49. The van der Waals surface area contributed by atoms with Gasteiger partial charge in [0.05, 0.1) is 0 Å². The molecule has 1 saturated heterocycles. The van der Waals surface area contributed by atoms with Gasteiger partial charge in [-0.05, 0) is 33.0 Å². The van der Waals surface area contributed by atoms with Crippen LogP contribution in [0, 0.1) is 6.92 Å². The minimum absolute atomic E-state index is 0.374. The second-order valence-corrected chi connectivity index (χ2v) is 6.12. The Morgan fingerprint density at radius 2 is 1.81 bits per heavy atom. The van der Waals surface area contributed by atoms with Gasteiger partial charge in [-0.2, -0.15) is 0 Å². The van der Waals surface area contributed by atoms with Gasteiger partial charge in [-0.3, -0.25) is 4.90 Å². The third kappa shape index (κ3) is 6.04. The molecular formula is C17H29N3O. The molecule has 0 aliphatic carbocycles. The van der Waals surface area contributed by atoms with Crippen LogP contribution >= 0.6 is 0 Å². The van der Waals surface area contributed by atoms with Crippen LogP contribution < -0.4 is 10.1 Å². The van der Waals surface area contributed by atoms with E-state index in [1.807, 2.05) is 12.1 Å². The van der Waals surface area contributed by atoms with Crippen LogP contribution in [0.25, 0.3) is 0 Å². The van der Waals surface area contributed by atoms with Crippen LogP contribution in [0.4, 0.5) is 0 Å². The van der Waals surface area contributed by atoms with Crippen LogP contribution in [0.3, 0.4) is 0 Å². The van der Waals surface area contributed by atoms with E-state index in [9.17, 15) is 0 Å². The van der Waals surface area contributed by atoms with Gasteiger partial charge in [-0.25, -0.2) is 0 Å². The molecule has 0 amide bonds. The molecule has 1 aliphatic rings. The summed E-state index contributed by atoms with van der Waals surface area (Å²) in [5.74, 6) is 0.952. The van der Waals surface area contributed by atoms with E-state index in [0.717, 1.165) is 18.8 Å². The van der Waals surface area contributed by atoms with E-state index in [2.05, 4.69) is 48.1 Å². The number of ether oxygens (including phenoxy) is 1. The molecule has 4 nitrogen and oxygen atoms in total. The van der Waals surface area contributed by atoms with E-state index in [1.165, 1.54) is 31.7 Å². The van der Waals surface area contributed by atoms with E-state index in [0.29, 0.717) is 12.6 Å². The van der Waals surface area contributed by atoms with E-state index < -0.39 is 0 Å². The van der Waals surface area contributed by atoms with Crippen LogP contribution in [0.1, 0.15) is 12.5 Å². The molecular weight excluding hydrogens is 262 g/mol. The molecule has 4 heteroatoms. The van der Waals surface area contributed by atoms with Crippen molar-refractivity contribution in [1.82, 2.24) is 15.1 Å². The lowest BCUT2D eigenvalue weighted by atomic mass is 10.2. The highest BCUT2D eigenvalue weighted by Gasteiger charge is 2.13. The Morgan fingerprint density at radius 1 is 1.14 bits per heavy atom. The molecule has 1 N–H and O–H groups in total. The molecule has 118 valence electrons. The second-order valence-electron chi connectivity index (χ2n) is 6.12. The monoisotopic (exact) mass is 291 g/mol. The van der Waals surface area contributed by atoms with E-state index >= 15 is 0 Å². The van der Waals surface area contributed by atoms with Gasteiger partial charge in [0, 0.05) is 45.3 Å². The number of hydrogen-bond donors (Lipinski definition) is 1. The summed E-state index contributed by atoms with van der Waals surface area (Å²) in [6.45, 7) is 11.9. The number of hydrogen-bond acceptors (Lipinski definition) is 4.